The standard InChI is InChI=1S/C14H19N3O2S/c1-9-3-5-13(10(9)2)17-20(18,19)14-6-4-11(8-15)7-12(14)16/h4,6-7,9-10,13,17H,3,5,16H2,1-2H3. The Labute approximate surface area is 119 Å². The van der Waals surface area contributed by atoms with Gasteiger partial charge in [0.25, 0.3) is 0 Å². The van der Waals surface area contributed by atoms with Crippen LogP contribution in [0, 0.1) is 23.2 Å². The largest absolute Gasteiger partial charge is 0.398 e. The van der Waals surface area contributed by atoms with Gasteiger partial charge in [0.15, 0.2) is 0 Å². The van der Waals surface area contributed by atoms with Crippen molar-refractivity contribution in [1.82, 2.24) is 4.72 Å². The molecule has 5 nitrogen and oxygen atoms in total. The van der Waals surface area contributed by atoms with Gasteiger partial charge in [-0.15, -0.1) is 0 Å². The van der Waals surface area contributed by atoms with Crippen molar-refractivity contribution in [2.45, 2.75) is 37.6 Å². The molecule has 1 aromatic carbocycles. The lowest BCUT2D eigenvalue weighted by molar-refractivity contribution is 0.402. The molecule has 20 heavy (non-hydrogen) atoms. The molecule has 3 N–H and O–H groups in total. The highest BCUT2D eigenvalue weighted by Crippen LogP contribution is 2.32. The van der Waals surface area contributed by atoms with Gasteiger partial charge in [0.1, 0.15) is 4.90 Å². The van der Waals surface area contributed by atoms with Gasteiger partial charge >= 0.3 is 0 Å². The molecule has 2 rings (SSSR count). The van der Waals surface area contributed by atoms with Crippen LogP contribution in [-0.2, 0) is 10.0 Å². The Bertz CT molecular complexity index is 649. The Kier molecular flexibility index (Phi) is 4.02. The molecule has 0 heterocycles. The number of nitrogens with two attached hydrogens (primary N) is 1. The van der Waals surface area contributed by atoms with E-state index in [4.69, 9.17) is 11.0 Å². The summed E-state index contributed by atoms with van der Waals surface area (Å²) in [5.41, 5.74) is 6.21. The van der Waals surface area contributed by atoms with E-state index in [1.165, 1.54) is 18.2 Å². The topological polar surface area (TPSA) is 96.0 Å². The SMILES string of the molecule is CC1CCC(NS(=O)(=O)c2ccc(C#N)cc2N)C1C. The molecular formula is C14H19N3O2S. The molecule has 1 aromatic rings. The van der Waals surface area contributed by atoms with Crippen LogP contribution in [0.3, 0.4) is 0 Å². The van der Waals surface area contributed by atoms with Crippen LogP contribution in [0.15, 0.2) is 23.1 Å². The molecule has 6 heteroatoms. The lowest BCUT2D eigenvalue weighted by Gasteiger charge is -2.20. The van der Waals surface area contributed by atoms with Crippen LogP contribution in [0.2, 0.25) is 0 Å². The van der Waals surface area contributed by atoms with Crippen molar-refractivity contribution in [1.29, 1.82) is 5.26 Å². The van der Waals surface area contributed by atoms with Crippen LogP contribution in [0.1, 0.15) is 32.3 Å². The molecule has 1 fully saturated rings. The van der Waals surface area contributed by atoms with Crippen molar-refractivity contribution in [2.75, 3.05) is 5.73 Å². The molecular weight excluding hydrogens is 274 g/mol. The van der Waals surface area contributed by atoms with E-state index in [-0.39, 0.29) is 16.6 Å². The number of hydrogen-bond donors (Lipinski definition) is 2. The van der Waals surface area contributed by atoms with Crippen molar-refractivity contribution in [3.8, 4) is 6.07 Å². The Morgan fingerprint density at radius 3 is 2.55 bits per heavy atom. The van der Waals surface area contributed by atoms with Crippen molar-refractivity contribution >= 4 is 15.7 Å². The van der Waals surface area contributed by atoms with Crippen LogP contribution in [0.4, 0.5) is 5.69 Å². The summed E-state index contributed by atoms with van der Waals surface area (Å²) < 4.78 is 27.5. The number of nitriles is 1. The van der Waals surface area contributed by atoms with E-state index in [1.807, 2.05) is 6.07 Å². The predicted octanol–water partition coefficient (Wildman–Crippen LogP) is 1.85. The highest BCUT2D eigenvalue weighted by molar-refractivity contribution is 7.89. The van der Waals surface area contributed by atoms with Gasteiger partial charge < -0.3 is 5.73 Å². The quantitative estimate of drug-likeness (QED) is 0.831. The molecule has 3 unspecified atom stereocenters. The first-order valence-electron chi connectivity index (χ1n) is 6.67. The molecule has 0 saturated heterocycles. The highest BCUT2D eigenvalue weighted by Gasteiger charge is 2.33. The molecule has 0 bridgehead atoms. The molecule has 1 aliphatic rings. The van der Waals surface area contributed by atoms with E-state index in [1.54, 1.807) is 0 Å². The van der Waals surface area contributed by atoms with E-state index in [0.29, 0.717) is 17.4 Å². The van der Waals surface area contributed by atoms with Crippen molar-refractivity contribution < 1.29 is 8.42 Å². The molecule has 108 valence electrons. The number of nitrogens with zero attached hydrogens (tertiary/aromatic N) is 1. The summed E-state index contributed by atoms with van der Waals surface area (Å²) in [4.78, 5) is 0.0447. The van der Waals surface area contributed by atoms with Crippen LogP contribution in [-0.4, -0.2) is 14.5 Å². The fourth-order valence-electron chi connectivity index (χ4n) is 2.66. The van der Waals surface area contributed by atoms with Gasteiger partial charge in [0.05, 0.1) is 17.3 Å². The summed E-state index contributed by atoms with van der Waals surface area (Å²) in [5, 5.41) is 8.78. The fraction of sp³-hybridized carbons (Fsp3) is 0.500. The first kappa shape index (κ1) is 14.8. The molecule has 0 aromatic heterocycles. The minimum Gasteiger partial charge on any atom is -0.398 e. The van der Waals surface area contributed by atoms with Crippen molar-refractivity contribution in [3.63, 3.8) is 0 Å². The Balaban J connectivity index is 2.25. The van der Waals surface area contributed by atoms with Crippen LogP contribution < -0.4 is 10.5 Å². The monoisotopic (exact) mass is 293 g/mol. The van der Waals surface area contributed by atoms with E-state index in [9.17, 15) is 8.42 Å². The maximum Gasteiger partial charge on any atom is 0.242 e. The van der Waals surface area contributed by atoms with Crippen molar-refractivity contribution in [2.24, 2.45) is 11.8 Å². The van der Waals surface area contributed by atoms with Crippen LogP contribution >= 0.6 is 0 Å². The molecule has 1 saturated carbocycles. The highest BCUT2D eigenvalue weighted by atomic mass is 32.2. The summed E-state index contributed by atoms with van der Waals surface area (Å²) in [6.07, 6.45) is 1.87. The normalized spacial score (nSPS) is 26.4. The van der Waals surface area contributed by atoms with Gasteiger partial charge in [-0.2, -0.15) is 5.26 Å². The third kappa shape index (κ3) is 2.79. The Hall–Kier alpha value is -1.58. The van der Waals surface area contributed by atoms with Gasteiger partial charge in [-0.1, -0.05) is 13.8 Å². The van der Waals surface area contributed by atoms with E-state index in [2.05, 4.69) is 18.6 Å². The van der Waals surface area contributed by atoms with E-state index >= 15 is 0 Å². The van der Waals surface area contributed by atoms with Gasteiger partial charge in [0.2, 0.25) is 10.0 Å². The number of nitrogens with one attached hydrogen (secondary N) is 1. The second kappa shape index (κ2) is 5.43. The van der Waals surface area contributed by atoms with E-state index in [0.717, 1.165) is 12.8 Å². The Morgan fingerprint density at radius 1 is 1.35 bits per heavy atom. The average molecular weight is 293 g/mol. The second-order valence-corrected chi connectivity index (χ2v) is 7.19. The number of sulfonamides is 1. The lowest BCUT2D eigenvalue weighted by atomic mass is 9.98. The number of benzene rings is 1. The first-order chi connectivity index (χ1) is 9.35. The summed E-state index contributed by atoms with van der Waals surface area (Å²) in [6.45, 7) is 4.20. The Morgan fingerprint density at radius 2 is 2.05 bits per heavy atom. The van der Waals surface area contributed by atoms with Crippen LogP contribution in [0.5, 0.6) is 0 Å². The molecule has 1 aliphatic carbocycles. The number of hydrogen-bond acceptors (Lipinski definition) is 4. The molecule has 0 amide bonds. The zero-order chi connectivity index (χ0) is 14.9. The predicted molar refractivity (Wildman–Crippen MR) is 77.2 cm³/mol. The average Bonchev–Trinajstić information content (AvgIpc) is 2.69. The van der Waals surface area contributed by atoms with Crippen molar-refractivity contribution in [3.05, 3.63) is 23.8 Å². The van der Waals surface area contributed by atoms with Gasteiger partial charge in [0, 0.05) is 6.04 Å². The molecule has 0 spiro atoms. The second-order valence-electron chi connectivity index (χ2n) is 5.51. The minimum atomic E-state index is -3.64. The van der Waals surface area contributed by atoms with Gasteiger partial charge in [-0.05, 0) is 42.9 Å². The summed E-state index contributed by atoms with van der Waals surface area (Å²) >= 11 is 0. The van der Waals surface area contributed by atoms with Crippen LogP contribution in [0.25, 0.3) is 0 Å². The number of anilines is 1. The zero-order valence-corrected chi connectivity index (χ0v) is 12.4. The first-order valence-corrected chi connectivity index (χ1v) is 8.15. The fourth-order valence-corrected chi connectivity index (χ4v) is 4.13. The molecule has 0 radical (unpaired) electrons. The van der Waals surface area contributed by atoms with Gasteiger partial charge in [-0.25, -0.2) is 13.1 Å². The third-order valence-electron chi connectivity index (χ3n) is 4.20. The van der Waals surface area contributed by atoms with Gasteiger partial charge in [-0.3, -0.25) is 0 Å². The van der Waals surface area contributed by atoms with E-state index < -0.39 is 10.0 Å². The lowest BCUT2D eigenvalue weighted by Crippen LogP contribution is -2.37. The zero-order valence-electron chi connectivity index (χ0n) is 11.6. The maximum atomic E-state index is 12.4. The summed E-state index contributed by atoms with van der Waals surface area (Å²) in [6, 6.07) is 6.12. The number of rotatable bonds is 3. The molecule has 3 atom stereocenters. The molecule has 0 aliphatic heterocycles. The smallest absolute Gasteiger partial charge is 0.242 e. The summed E-state index contributed by atoms with van der Waals surface area (Å²) in [7, 11) is -3.64. The number of nitrogen functional groups attached to an aromatic ring is 1. The minimum absolute atomic E-state index is 0.0447. The maximum absolute atomic E-state index is 12.4. The summed E-state index contributed by atoms with van der Waals surface area (Å²) in [5.74, 6) is 0.824. The third-order valence-corrected chi connectivity index (χ3v) is 5.76.